The summed E-state index contributed by atoms with van der Waals surface area (Å²) in [5.74, 6) is -0.268. The number of rotatable bonds is 5. The highest BCUT2D eigenvalue weighted by Gasteiger charge is 2.25. The maximum absolute atomic E-state index is 12.7. The number of carbonyl (C=O) groups excluding carboxylic acids is 2. The van der Waals surface area contributed by atoms with Crippen molar-refractivity contribution in [3.63, 3.8) is 0 Å². The molecule has 3 heterocycles. The minimum atomic E-state index is -0.215. The smallest absolute Gasteiger partial charge is 0.272 e. The van der Waals surface area contributed by atoms with Gasteiger partial charge in [0, 0.05) is 25.8 Å². The number of nitrogens with one attached hydrogen (secondary N) is 1. The first-order valence-electron chi connectivity index (χ1n) is 9.34. The predicted molar refractivity (Wildman–Crippen MR) is 102 cm³/mol. The highest BCUT2D eigenvalue weighted by molar-refractivity contribution is 5.94. The molecule has 0 atom stereocenters. The first-order chi connectivity index (χ1) is 13.6. The molecule has 2 amide bonds. The second-order valence-electron chi connectivity index (χ2n) is 6.72. The SMILES string of the molecule is CCn1cc(C(=O)N2CCn3nc(C(=O)NCc4ccccc4)cc3C2)cn1. The summed E-state index contributed by atoms with van der Waals surface area (Å²) in [6.07, 6.45) is 3.36. The molecule has 0 unspecified atom stereocenters. The number of amides is 2. The van der Waals surface area contributed by atoms with Gasteiger partial charge in [0.05, 0.1) is 30.5 Å². The molecule has 0 saturated carbocycles. The molecule has 0 aliphatic carbocycles. The fraction of sp³-hybridized carbons (Fsp3) is 0.300. The third kappa shape index (κ3) is 3.66. The van der Waals surface area contributed by atoms with E-state index in [1.807, 2.05) is 37.3 Å². The molecular formula is C20H22N6O2. The van der Waals surface area contributed by atoms with Crippen LogP contribution < -0.4 is 5.32 Å². The Morgan fingerprint density at radius 1 is 1.18 bits per heavy atom. The van der Waals surface area contributed by atoms with E-state index in [2.05, 4.69) is 15.5 Å². The average Bonchev–Trinajstić information content (AvgIpc) is 3.38. The van der Waals surface area contributed by atoms with Gasteiger partial charge in [-0.25, -0.2) is 0 Å². The minimum Gasteiger partial charge on any atom is -0.347 e. The van der Waals surface area contributed by atoms with Crippen LogP contribution in [0, 0.1) is 0 Å². The van der Waals surface area contributed by atoms with Gasteiger partial charge < -0.3 is 10.2 Å². The van der Waals surface area contributed by atoms with Crippen LogP contribution in [0.3, 0.4) is 0 Å². The number of aromatic nitrogens is 4. The van der Waals surface area contributed by atoms with Crippen molar-refractivity contribution in [2.75, 3.05) is 6.54 Å². The fourth-order valence-corrected chi connectivity index (χ4v) is 3.25. The Morgan fingerprint density at radius 2 is 2.00 bits per heavy atom. The van der Waals surface area contributed by atoms with Crippen molar-refractivity contribution in [3.05, 3.63) is 71.3 Å². The number of fused-ring (bicyclic) bond motifs is 1. The molecule has 1 N–H and O–H groups in total. The maximum atomic E-state index is 12.7. The molecule has 0 fully saturated rings. The number of hydrogen-bond donors (Lipinski definition) is 1. The van der Waals surface area contributed by atoms with Crippen molar-refractivity contribution in [2.24, 2.45) is 0 Å². The molecule has 2 aromatic heterocycles. The topological polar surface area (TPSA) is 85.0 Å². The lowest BCUT2D eigenvalue weighted by molar-refractivity contribution is 0.0705. The van der Waals surface area contributed by atoms with Gasteiger partial charge in [0.15, 0.2) is 5.69 Å². The van der Waals surface area contributed by atoms with Gasteiger partial charge in [0.1, 0.15) is 0 Å². The van der Waals surface area contributed by atoms with Gasteiger partial charge in [0.25, 0.3) is 11.8 Å². The Hall–Kier alpha value is -3.42. The lowest BCUT2D eigenvalue weighted by atomic mass is 10.2. The van der Waals surface area contributed by atoms with E-state index in [0.717, 1.165) is 17.8 Å². The lowest BCUT2D eigenvalue weighted by Gasteiger charge is -2.27. The Kier molecular flexibility index (Phi) is 4.92. The molecule has 1 aliphatic heterocycles. The van der Waals surface area contributed by atoms with Crippen molar-refractivity contribution >= 4 is 11.8 Å². The van der Waals surface area contributed by atoms with Gasteiger partial charge >= 0.3 is 0 Å². The van der Waals surface area contributed by atoms with Crippen LogP contribution in [-0.4, -0.2) is 42.8 Å². The number of nitrogens with zero attached hydrogens (tertiary/aromatic N) is 5. The van der Waals surface area contributed by atoms with Crippen LogP contribution in [0.4, 0.5) is 0 Å². The highest BCUT2D eigenvalue weighted by atomic mass is 16.2. The van der Waals surface area contributed by atoms with E-state index in [1.165, 1.54) is 0 Å². The van der Waals surface area contributed by atoms with Crippen LogP contribution in [0.25, 0.3) is 0 Å². The Labute approximate surface area is 162 Å². The van der Waals surface area contributed by atoms with Gasteiger partial charge in [0.2, 0.25) is 0 Å². The average molecular weight is 378 g/mol. The molecule has 28 heavy (non-hydrogen) atoms. The zero-order valence-corrected chi connectivity index (χ0v) is 15.7. The summed E-state index contributed by atoms with van der Waals surface area (Å²) in [7, 11) is 0. The van der Waals surface area contributed by atoms with Crippen molar-refractivity contribution in [1.82, 2.24) is 29.8 Å². The van der Waals surface area contributed by atoms with Crippen molar-refractivity contribution in [1.29, 1.82) is 0 Å². The molecule has 0 bridgehead atoms. The quantitative estimate of drug-likeness (QED) is 0.732. The standard InChI is InChI=1S/C20H22N6O2/c1-2-25-13-16(12-22-25)20(28)24-8-9-26-17(14-24)10-18(23-26)19(27)21-11-15-6-4-3-5-7-15/h3-7,10,12-13H,2,8-9,11,14H2,1H3,(H,21,27). The zero-order valence-electron chi connectivity index (χ0n) is 15.7. The molecule has 3 aromatic rings. The van der Waals surface area contributed by atoms with Gasteiger partial charge in [-0.3, -0.25) is 19.0 Å². The minimum absolute atomic E-state index is 0.0535. The Morgan fingerprint density at radius 3 is 2.75 bits per heavy atom. The predicted octanol–water partition coefficient (Wildman–Crippen LogP) is 1.69. The molecule has 0 saturated heterocycles. The Bertz CT molecular complexity index is 991. The molecule has 0 radical (unpaired) electrons. The van der Waals surface area contributed by atoms with E-state index in [1.54, 1.807) is 32.7 Å². The van der Waals surface area contributed by atoms with E-state index < -0.39 is 0 Å². The molecule has 1 aliphatic rings. The van der Waals surface area contributed by atoms with Crippen molar-refractivity contribution in [2.45, 2.75) is 33.1 Å². The highest BCUT2D eigenvalue weighted by Crippen LogP contribution is 2.16. The second-order valence-corrected chi connectivity index (χ2v) is 6.72. The zero-order chi connectivity index (χ0) is 19.5. The summed E-state index contributed by atoms with van der Waals surface area (Å²) < 4.78 is 3.54. The van der Waals surface area contributed by atoms with Crippen molar-refractivity contribution in [3.8, 4) is 0 Å². The third-order valence-corrected chi connectivity index (χ3v) is 4.82. The summed E-state index contributed by atoms with van der Waals surface area (Å²) in [4.78, 5) is 26.9. The lowest BCUT2D eigenvalue weighted by Crippen LogP contribution is -2.38. The summed E-state index contributed by atoms with van der Waals surface area (Å²) >= 11 is 0. The fourth-order valence-electron chi connectivity index (χ4n) is 3.25. The van der Waals surface area contributed by atoms with Crippen LogP contribution in [-0.2, 0) is 26.2 Å². The number of hydrogen-bond acceptors (Lipinski definition) is 4. The number of aryl methyl sites for hydroxylation is 1. The largest absolute Gasteiger partial charge is 0.347 e. The maximum Gasteiger partial charge on any atom is 0.272 e. The number of benzene rings is 1. The van der Waals surface area contributed by atoms with Crippen LogP contribution in [0.15, 0.2) is 48.8 Å². The van der Waals surface area contributed by atoms with Crippen molar-refractivity contribution < 1.29 is 9.59 Å². The van der Waals surface area contributed by atoms with E-state index >= 15 is 0 Å². The first-order valence-corrected chi connectivity index (χ1v) is 9.34. The van der Waals surface area contributed by atoms with Crippen LogP contribution in [0.1, 0.15) is 39.0 Å². The van der Waals surface area contributed by atoms with Crippen LogP contribution in [0.5, 0.6) is 0 Å². The van der Waals surface area contributed by atoms with E-state index in [0.29, 0.717) is 37.4 Å². The summed E-state index contributed by atoms with van der Waals surface area (Å²) in [6.45, 7) is 4.69. The molecule has 1 aromatic carbocycles. The van der Waals surface area contributed by atoms with Crippen LogP contribution >= 0.6 is 0 Å². The molecule has 8 heteroatoms. The molecule has 8 nitrogen and oxygen atoms in total. The summed E-state index contributed by atoms with van der Waals surface area (Å²) in [5, 5.41) is 11.5. The van der Waals surface area contributed by atoms with Gasteiger partial charge in [-0.15, -0.1) is 0 Å². The molecule has 144 valence electrons. The van der Waals surface area contributed by atoms with E-state index in [4.69, 9.17) is 0 Å². The monoisotopic (exact) mass is 378 g/mol. The molecule has 4 rings (SSSR count). The van der Waals surface area contributed by atoms with E-state index in [-0.39, 0.29) is 11.8 Å². The van der Waals surface area contributed by atoms with Gasteiger partial charge in [-0.2, -0.15) is 10.2 Å². The Balaban J connectivity index is 1.41. The van der Waals surface area contributed by atoms with E-state index in [9.17, 15) is 9.59 Å². The van der Waals surface area contributed by atoms with Crippen LogP contribution in [0.2, 0.25) is 0 Å². The molecular weight excluding hydrogens is 356 g/mol. The molecule has 0 spiro atoms. The first kappa shape index (κ1) is 18.0. The summed E-state index contributed by atoms with van der Waals surface area (Å²) in [6, 6.07) is 11.5. The number of carbonyl (C=O) groups is 2. The normalized spacial score (nSPS) is 13.2. The van der Waals surface area contributed by atoms with Gasteiger partial charge in [-0.1, -0.05) is 30.3 Å². The summed E-state index contributed by atoms with van der Waals surface area (Å²) in [5.41, 5.74) is 2.84. The second kappa shape index (κ2) is 7.67. The van der Waals surface area contributed by atoms with Gasteiger partial charge in [-0.05, 0) is 18.6 Å². The third-order valence-electron chi connectivity index (χ3n) is 4.82.